The third kappa shape index (κ3) is 5.10. The Kier molecular flexibility index (Phi) is 8.01. The predicted octanol–water partition coefficient (Wildman–Crippen LogP) is 6.89. The molecule has 3 saturated carbocycles. The van der Waals surface area contributed by atoms with E-state index in [1.807, 2.05) is 6.08 Å². The van der Waals surface area contributed by atoms with Gasteiger partial charge in [-0.1, -0.05) is 64.7 Å². The molecule has 0 amide bonds. The Morgan fingerprint density at radius 2 is 1.90 bits per heavy atom. The van der Waals surface area contributed by atoms with Gasteiger partial charge in [-0.25, -0.2) is 4.39 Å². The van der Waals surface area contributed by atoms with E-state index in [0.717, 1.165) is 29.7 Å². The van der Waals surface area contributed by atoms with Gasteiger partial charge >= 0.3 is 0 Å². The summed E-state index contributed by atoms with van der Waals surface area (Å²) >= 11 is 0. The number of aliphatic hydroxyl groups is 2. The molecule has 30 heavy (non-hydrogen) atoms. The van der Waals surface area contributed by atoms with Gasteiger partial charge in [-0.15, -0.1) is 0 Å². The maximum absolute atomic E-state index is 13.4. The van der Waals surface area contributed by atoms with Crippen molar-refractivity contribution in [3.63, 3.8) is 0 Å². The number of rotatable bonds is 6. The Labute approximate surface area is 183 Å². The summed E-state index contributed by atoms with van der Waals surface area (Å²) in [5.41, 5.74) is 2.98. The molecule has 0 heterocycles. The lowest BCUT2D eigenvalue weighted by Gasteiger charge is -2.44. The number of hydrogen-bond donors (Lipinski definition) is 2. The minimum atomic E-state index is -0.900. The van der Waals surface area contributed by atoms with Gasteiger partial charge in [0.1, 0.15) is 0 Å². The maximum Gasteiger partial charge on any atom is 0.0927 e. The molecular weight excluding hydrogens is 375 g/mol. The average Bonchev–Trinajstić information content (AvgIpc) is 3.03. The SMILES string of the molecule is CC(C)CCC[C@@H](C)[C@H]1CCC2C(=C/C=C3/C[C@@H](O)C[C@@H](O)/C3=C/F)CCC[C@@]21C. The summed E-state index contributed by atoms with van der Waals surface area (Å²) in [5.74, 6) is 2.99. The first-order valence-electron chi connectivity index (χ1n) is 12.3. The van der Waals surface area contributed by atoms with Gasteiger partial charge in [-0.2, -0.15) is 0 Å². The summed E-state index contributed by atoms with van der Waals surface area (Å²) in [5, 5.41) is 20.1. The van der Waals surface area contributed by atoms with Crippen molar-refractivity contribution < 1.29 is 14.6 Å². The van der Waals surface area contributed by atoms with Crippen LogP contribution in [0, 0.1) is 29.1 Å². The van der Waals surface area contributed by atoms with Crippen molar-refractivity contribution >= 4 is 0 Å². The molecule has 0 spiro atoms. The maximum atomic E-state index is 13.4. The largest absolute Gasteiger partial charge is 0.393 e. The Morgan fingerprint density at radius 1 is 1.13 bits per heavy atom. The second-order valence-electron chi connectivity index (χ2n) is 11.0. The lowest BCUT2D eigenvalue weighted by Crippen LogP contribution is -2.36. The van der Waals surface area contributed by atoms with Crippen LogP contribution in [-0.2, 0) is 0 Å². The van der Waals surface area contributed by atoms with Crippen molar-refractivity contribution in [1.29, 1.82) is 0 Å². The van der Waals surface area contributed by atoms with Crippen molar-refractivity contribution in [1.82, 2.24) is 0 Å². The third-order valence-electron chi connectivity index (χ3n) is 8.46. The normalized spacial score (nSPS) is 39.8. The molecule has 0 aromatic carbocycles. The van der Waals surface area contributed by atoms with Crippen LogP contribution in [0.1, 0.15) is 91.9 Å². The number of fused-ring (bicyclic) bond motifs is 1. The summed E-state index contributed by atoms with van der Waals surface area (Å²) in [6.45, 7) is 9.63. The first-order valence-corrected chi connectivity index (χ1v) is 12.3. The molecule has 3 heteroatoms. The second-order valence-corrected chi connectivity index (χ2v) is 11.0. The lowest BCUT2D eigenvalue weighted by molar-refractivity contribution is 0.0850. The van der Waals surface area contributed by atoms with E-state index in [0.29, 0.717) is 29.7 Å². The minimum absolute atomic E-state index is 0.223. The summed E-state index contributed by atoms with van der Waals surface area (Å²) in [6.07, 6.45) is 14.1. The molecule has 0 aromatic heterocycles. The molecule has 3 aliphatic rings. The second kappa shape index (κ2) is 10.1. The van der Waals surface area contributed by atoms with Crippen molar-refractivity contribution in [2.75, 3.05) is 0 Å². The van der Waals surface area contributed by atoms with Crippen LogP contribution >= 0.6 is 0 Å². The zero-order chi connectivity index (χ0) is 21.9. The Hall–Kier alpha value is -0.930. The van der Waals surface area contributed by atoms with Crippen LogP contribution in [0.5, 0.6) is 0 Å². The van der Waals surface area contributed by atoms with E-state index in [1.54, 1.807) is 0 Å². The average molecular weight is 419 g/mol. The highest BCUT2D eigenvalue weighted by atomic mass is 19.1. The fourth-order valence-electron chi connectivity index (χ4n) is 6.83. The van der Waals surface area contributed by atoms with Crippen LogP contribution in [0.25, 0.3) is 0 Å². The zero-order valence-corrected chi connectivity index (χ0v) is 19.5. The van der Waals surface area contributed by atoms with E-state index in [4.69, 9.17) is 0 Å². The van der Waals surface area contributed by atoms with Crippen LogP contribution in [0.2, 0.25) is 0 Å². The van der Waals surface area contributed by atoms with E-state index >= 15 is 0 Å². The number of aliphatic hydroxyl groups excluding tert-OH is 2. The van der Waals surface area contributed by atoms with Gasteiger partial charge in [0.2, 0.25) is 0 Å². The molecule has 0 aliphatic heterocycles. The van der Waals surface area contributed by atoms with E-state index in [9.17, 15) is 14.6 Å². The Bertz CT molecular complexity index is 676. The Morgan fingerprint density at radius 3 is 2.60 bits per heavy atom. The third-order valence-corrected chi connectivity index (χ3v) is 8.46. The van der Waals surface area contributed by atoms with Gasteiger partial charge in [-0.05, 0) is 73.2 Å². The molecule has 0 aromatic rings. The van der Waals surface area contributed by atoms with Crippen LogP contribution in [0.15, 0.2) is 35.2 Å². The molecule has 0 saturated heterocycles. The van der Waals surface area contributed by atoms with Crippen molar-refractivity contribution in [2.24, 2.45) is 29.1 Å². The number of halogens is 1. The molecule has 170 valence electrons. The molecule has 0 radical (unpaired) electrons. The summed E-state index contributed by atoms with van der Waals surface area (Å²) < 4.78 is 13.4. The van der Waals surface area contributed by atoms with Gasteiger partial charge in [0.15, 0.2) is 0 Å². The molecule has 3 fully saturated rings. The lowest BCUT2D eigenvalue weighted by atomic mass is 9.60. The van der Waals surface area contributed by atoms with E-state index in [2.05, 4.69) is 33.8 Å². The van der Waals surface area contributed by atoms with E-state index in [-0.39, 0.29) is 6.42 Å². The van der Waals surface area contributed by atoms with Gasteiger partial charge in [-0.3, -0.25) is 0 Å². The number of allylic oxidation sites excluding steroid dienone is 3. The van der Waals surface area contributed by atoms with Gasteiger partial charge in [0, 0.05) is 12.0 Å². The molecule has 1 unspecified atom stereocenters. The summed E-state index contributed by atoms with van der Waals surface area (Å²) in [4.78, 5) is 0. The summed E-state index contributed by atoms with van der Waals surface area (Å²) in [6, 6.07) is 0. The summed E-state index contributed by atoms with van der Waals surface area (Å²) in [7, 11) is 0. The molecule has 3 aliphatic carbocycles. The first kappa shape index (κ1) is 23.7. The van der Waals surface area contributed by atoms with Crippen LogP contribution in [-0.4, -0.2) is 22.4 Å². The molecular formula is C27H43FO2. The van der Waals surface area contributed by atoms with E-state index < -0.39 is 12.2 Å². The van der Waals surface area contributed by atoms with Gasteiger partial charge in [0.25, 0.3) is 0 Å². The first-order chi connectivity index (χ1) is 14.3. The monoisotopic (exact) mass is 418 g/mol. The molecule has 0 bridgehead atoms. The van der Waals surface area contributed by atoms with Gasteiger partial charge in [0.05, 0.1) is 18.5 Å². The van der Waals surface area contributed by atoms with Crippen LogP contribution in [0.4, 0.5) is 4.39 Å². The molecule has 2 N–H and O–H groups in total. The molecule has 6 atom stereocenters. The predicted molar refractivity (Wildman–Crippen MR) is 123 cm³/mol. The fraction of sp³-hybridized carbons (Fsp3) is 0.778. The standard InChI is InChI=1S/C27H43FO2/c1-18(2)7-5-8-19(3)24-12-13-25-20(9-6-14-27(24,25)4)10-11-21-15-22(29)16-26(30)23(21)17-28/h10-11,17-19,22,24-26,29-30H,5-9,12-16H2,1-4H3/b20-10?,21-11-,23-17+/t19-,22-,24-,25?,26-,27-/m1/s1. The fourth-order valence-corrected chi connectivity index (χ4v) is 6.83. The number of hydrogen-bond acceptors (Lipinski definition) is 2. The van der Waals surface area contributed by atoms with Crippen molar-refractivity contribution in [3.8, 4) is 0 Å². The molecule has 3 rings (SSSR count). The minimum Gasteiger partial charge on any atom is -0.393 e. The van der Waals surface area contributed by atoms with Crippen molar-refractivity contribution in [2.45, 2.75) is 104 Å². The topological polar surface area (TPSA) is 40.5 Å². The van der Waals surface area contributed by atoms with E-state index in [1.165, 1.54) is 50.5 Å². The quantitative estimate of drug-likeness (QED) is 0.493. The Balaban J connectivity index is 1.74. The van der Waals surface area contributed by atoms with Crippen LogP contribution in [0.3, 0.4) is 0 Å². The van der Waals surface area contributed by atoms with Crippen LogP contribution < -0.4 is 0 Å². The smallest absolute Gasteiger partial charge is 0.0927 e. The highest BCUT2D eigenvalue weighted by molar-refractivity contribution is 5.39. The van der Waals surface area contributed by atoms with Gasteiger partial charge < -0.3 is 10.2 Å². The highest BCUT2D eigenvalue weighted by Crippen LogP contribution is 2.60. The molecule has 2 nitrogen and oxygen atoms in total. The van der Waals surface area contributed by atoms with Crippen molar-refractivity contribution in [3.05, 3.63) is 35.2 Å². The highest BCUT2D eigenvalue weighted by Gasteiger charge is 2.50. The zero-order valence-electron chi connectivity index (χ0n) is 19.5.